The van der Waals surface area contributed by atoms with Crippen molar-refractivity contribution in [3.63, 3.8) is 0 Å². The third-order valence-electron chi connectivity index (χ3n) is 2.52. The molecule has 2 aromatic rings. The number of nitrogens with zero attached hydrogens (tertiary/aromatic N) is 2. The predicted molar refractivity (Wildman–Crippen MR) is 70.6 cm³/mol. The molecule has 6 nitrogen and oxygen atoms in total. The molecule has 0 saturated heterocycles. The van der Waals surface area contributed by atoms with Crippen LogP contribution in [-0.4, -0.2) is 30.9 Å². The highest BCUT2D eigenvalue weighted by Crippen LogP contribution is 2.38. The van der Waals surface area contributed by atoms with Crippen molar-refractivity contribution in [2.75, 3.05) is 20.8 Å². The molecule has 0 unspecified atom stereocenters. The number of methoxy groups -OCH3 is 2. The highest BCUT2D eigenvalue weighted by molar-refractivity contribution is 6.32. The summed E-state index contributed by atoms with van der Waals surface area (Å²) in [5.74, 6) is 1.91. The lowest BCUT2D eigenvalue weighted by atomic mass is 10.2. The molecular formula is C12H14ClN3O3. The number of hydrogen-bond acceptors (Lipinski definition) is 6. The minimum Gasteiger partial charge on any atom is -0.493 e. The van der Waals surface area contributed by atoms with Gasteiger partial charge in [-0.3, -0.25) is 0 Å². The number of rotatable bonds is 5. The monoisotopic (exact) mass is 283 g/mol. The van der Waals surface area contributed by atoms with Gasteiger partial charge in [-0.2, -0.15) is 4.98 Å². The molecule has 0 aliphatic carbocycles. The molecule has 1 heterocycles. The molecule has 19 heavy (non-hydrogen) atoms. The van der Waals surface area contributed by atoms with Crippen LogP contribution < -0.4 is 15.2 Å². The molecule has 1 aromatic carbocycles. The Labute approximate surface area is 115 Å². The van der Waals surface area contributed by atoms with Crippen LogP contribution in [0.2, 0.25) is 5.02 Å². The minimum absolute atomic E-state index is 0.419. The number of nitrogens with two attached hydrogens (primary N) is 1. The number of benzene rings is 1. The highest BCUT2D eigenvalue weighted by Gasteiger charge is 2.15. The van der Waals surface area contributed by atoms with Crippen molar-refractivity contribution in [2.45, 2.75) is 6.42 Å². The van der Waals surface area contributed by atoms with Crippen LogP contribution in [0.5, 0.6) is 11.5 Å². The van der Waals surface area contributed by atoms with E-state index >= 15 is 0 Å². The second kappa shape index (κ2) is 5.90. The zero-order valence-corrected chi connectivity index (χ0v) is 11.4. The molecule has 0 radical (unpaired) electrons. The van der Waals surface area contributed by atoms with Gasteiger partial charge >= 0.3 is 0 Å². The van der Waals surface area contributed by atoms with Crippen molar-refractivity contribution in [1.82, 2.24) is 10.1 Å². The molecule has 0 spiro atoms. The van der Waals surface area contributed by atoms with Gasteiger partial charge in [0.2, 0.25) is 11.7 Å². The third kappa shape index (κ3) is 2.80. The second-order valence-electron chi connectivity index (χ2n) is 3.74. The summed E-state index contributed by atoms with van der Waals surface area (Å²) in [6.07, 6.45) is 0.536. The summed E-state index contributed by atoms with van der Waals surface area (Å²) in [5.41, 5.74) is 6.12. The molecular weight excluding hydrogens is 270 g/mol. The molecule has 102 valence electrons. The Morgan fingerprint density at radius 2 is 2.11 bits per heavy atom. The van der Waals surface area contributed by atoms with Crippen molar-refractivity contribution >= 4 is 11.6 Å². The molecule has 2 N–H and O–H groups in total. The minimum atomic E-state index is 0.419. The van der Waals surface area contributed by atoms with Crippen LogP contribution in [0.4, 0.5) is 0 Å². The molecule has 2 rings (SSSR count). The molecule has 7 heteroatoms. The first kappa shape index (κ1) is 13.6. The van der Waals surface area contributed by atoms with Crippen LogP contribution in [0, 0.1) is 0 Å². The highest BCUT2D eigenvalue weighted by atomic mass is 35.5. The number of halogens is 1. The Hall–Kier alpha value is -1.79. The molecule has 0 aliphatic heterocycles. The van der Waals surface area contributed by atoms with E-state index in [1.165, 1.54) is 14.2 Å². The topological polar surface area (TPSA) is 83.4 Å². The van der Waals surface area contributed by atoms with Crippen molar-refractivity contribution < 1.29 is 14.0 Å². The van der Waals surface area contributed by atoms with Crippen molar-refractivity contribution in [3.05, 3.63) is 23.0 Å². The summed E-state index contributed by atoms with van der Waals surface area (Å²) in [5, 5.41) is 4.30. The van der Waals surface area contributed by atoms with Crippen LogP contribution in [-0.2, 0) is 6.42 Å². The van der Waals surface area contributed by atoms with Crippen LogP contribution in [0.15, 0.2) is 16.7 Å². The van der Waals surface area contributed by atoms with Gasteiger partial charge in [0, 0.05) is 18.5 Å². The van der Waals surface area contributed by atoms with Gasteiger partial charge in [0.1, 0.15) is 0 Å². The summed E-state index contributed by atoms with van der Waals surface area (Å²) in [6, 6.07) is 3.43. The van der Waals surface area contributed by atoms with E-state index in [0.29, 0.717) is 46.8 Å². The lowest BCUT2D eigenvalue weighted by molar-refractivity contribution is 0.355. The first-order valence-electron chi connectivity index (χ1n) is 5.64. The van der Waals surface area contributed by atoms with E-state index in [-0.39, 0.29) is 0 Å². The van der Waals surface area contributed by atoms with E-state index in [9.17, 15) is 0 Å². The molecule has 0 fully saturated rings. The van der Waals surface area contributed by atoms with E-state index in [0.717, 1.165) is 0 Å². The lowest BCUT2D eigenvalue weighted by Gasteiger charge is -2.10. The van der Waals surface area contributed by atoms with Gasteiger partial charge in [0.25, 0.3) is 0 Å². The van der Waals surface area contributed by atoms with Gasteiger partial charge in [-0.15, -0.1) is 0 Å². The van der Waals surface area contributed by atoms with E-state index in [1.54, 1.807) is 12.1 Å². The molecule has 1 aromatic heterocycles. The van der Waals surface area contributed by atoms with Crippen molar-refractivity contribution in [1.29, 1.82) is 0 Å². The first-order valence-corrected chi connectivity index (χ1v) is 6.02. The average molecular weight is 284 g/mol. The average Bonchev–Trinajstić information content (AvgIpc) is 2.86. The van der Waals surface area contributed by atoms with Gasteiger partial charge < -0.3 is 19.7 Å². The Balaban J connectivity index is 2.41. The Kier molecular flexibility index (Phi) is 4.24. The van der Waals surface area contributed by atoms with Crippen LogP contribution >= 0.6 is 11.6 Å². The number of aromatic nitrogens is 2. The molecule has 0 aliphatic rings. The summed E-state index contributed by atoms with van der Waals surface area (Å²) in [7, 11) is 3.06. The molecule has 0 amide bonds. The fraction of sp³-hybridized carbons (Fsp3) is 0.333. The second-order valence-corrected chi connectivity index (χ2v) is 4.15. The number of hydrogen-bond donors (Lipinski definition) is 1. The van der Waals surface area contributed by atoms with E-state index in [4.69, 9.17) is 31.3 Å². The summed E-state index contributed by atoms with van der Waals surface area (Å²) in [6.45, 7) is 0.453. The molecule has 0 saturated carbocycles. The summed E-state index contributed by atoms with van der Waals surface area (Å²) < 4.78 is 15.5. The van der Waals surface area contributed by atoms with Crippen LogP contribution in [0.3, 0.4) is 0 Å². The van der Waals surface area contributed by atoms with Gasteiger partial charge in [-0.05, 0) is 12.1 Å². The quantitative estimate of drug-likeness (QED) is 0.902. The standard InChI is InChI=1S/C12H14ClN3O3/c1-17-9-6-7(5-8(13)11(9)18-2)12-15-10(3-4-14)19-16-12/h5-6H,3-4,14H2,1-2H3. The normalized spacial score (nSPS) is 10.5. The van der Waals surface area contributed by atoms with Crippen LogP contribution in [0.1, 0.15) is 5.89 Å². The maximum atomic E-state index is 6.12. The Morgan fingerprint density at radius 3 is 2.74 bits per heavy atom. The Bertz CT molecular complexity index is 571. The van der Waals surface area contributed by atoms with E-state index in [1.807, 2.05) is 0 Å². The predicted octanol–water partition coefficient (Wildman–Crippen LogP) is 1.91. The van der Waals surface area contributed by atoms with E-state index in [2.05, 4.69) is 10.1 Å². The third-order valence-corrected chi connectivity index (χ3v) is 2.80. The lowest BCUT2D eigenvalue weighted by Crippen LogP contribution is -2.02. The fourth-order valence-corrected chi connectivity index (χ4v) is 1.93. The zero-order valence-electron chi connectivity index (χ0n) is 10.6. The number of ether oxygens (including phenoxy) is 2. The SMILES string of the molecule is COc1cc(-c2noc(CCN)n2)cc(Cl)c1OC. The zero-order chi connectivity index (χ0) is 13.8. The molecule has 0 bridgehead atoms. The smallest absolute Gasteiger partial charge is 0.228 e. The van der Waals surface area contributed by atoms with Gasteiger partial charge in [0.05, 0.1) is 19.2 Å². The summed E-state index contributed by atoms with van der Waals surface area (Å²) in [4.78, 5) is 4.23. The first-order chi connectivity index (χ1) is 9.19. The summed E-state index contributed by atoms with van der Waals surface area (Å²) >= 11 is 6.12. The van der Waals surface area contributed by atoms with Gasteiger partial charge in [0.15, 0.2) is 11.5 Å². The maximum Gasteiger partial charge on any atom is 0.228 e. The van der Waals surface area contributed by atoms with Crippen LogP contribution in [0.25, 0.3) is 11.4 Å². The fourth-order valence-electron chi connectivity index (χ4n) is 1.64. The Morgan fingerprint density at radius 1 is 1.32 bits per heavy atom. The van der Waals surface area contributed by atoms with E-state index < -0.39 is 0 Å². The van der Waals surface area contributed by atoms with Crippen molar-refractivity contribution in [2.24, 2.45) is 5.73 Å². The van der Waals surface area contributed by atoms with Crippen molar-refractivity contribution in [3.8, 4) is 22.9 Å². The maximum absolute atomic E-state index is 6.12. The van der Waals surface area contributed by atoms with Gasteiger partial charge in [-0.25, -0.2) is 0 Å². The molecule has 0 atom stereocenters. The van der Waals surface area contributed by atoms with Gasteiger partial charge in [-0.1, -0.05) is 16.8 Å². The largest absolute Gasteiger partial charge is 0.493 e.